The minimum atomic E-state index is -1.25. The van der Waals surface area contributed by atoms with E-state index in [0.717, 1.165) is 17.0 Å². The molecule has 0 aromatic heterocycles. The van der Waals surface area contributed by atoms with Crippen molar-refractivity contribution >= 4 is 17.6 Å². The van der Waals surface area contributed by atoms with Crippen LogP contribution in [0.4, 0.5) is 10.1 Å². The van der Waals surface area contributed by atoms with Crippen LogP contribution in [0.15, 0.2) is 18.2 Å². The predicted molar refractivity (Wildman–Crippen MR) is 57.7 cm³/mol. The number of carboxylic acids is 1. The van der Waals surface area contributed by atoms with E-state index in [1.165, 1.54) is 7.05 Å². The van der Waals surface area contributed by atoms with Crippen molar-refractivity contribution in [3.05, 3.63) is 39.7 Å². The van der Waals surface area contributed by atoms with Gasteiger partial charge in [0.25, 0.3) is 11.6 Å². The fourth-order valence-corrected chi connectivity index (χ4v) is 1.32. The second-order valence-corrected chi connectivity index (χ2v) is 3.47. The van der Waals surface area contributed by atoms with E-state index >= 15 is 0 Å². The number of carbonyl (C=O) groups is 2. The van der Waals surface area contributed by atoms with Crippen LogP contribution in [0.1, 0.15) is 10.4 Å². The highest BCUT2D eigenvalue weighted by Gasteiger charge is 2.24. The third kappa shape index (κ3) is 3.00. The molecule has 0 spiro atoms. The van der Waals surface area contributed by atoms with Crippen molar-refractivity contribution in [2.45, 2.75) is 0 Å². The average Bonchev–Trinajstić information content (AvgIpc) is 2.26. The van der Waals surface area contributed by atoms with Crippen LogP contribution in [-0.2, 0) is 4.79 Å². The number of carboxylic acid groups (broad SMARTS) is 1. The summed E-state index contributed by atoms with van der Waals surface area (Å²) in [6.45, 7) is -0.604. The molecule has 8 heteroatoms. The van der Waals surface area contributed by atoms with Gasteiger partial charge in [-0.2, -0.15) is 0 Å². The second kappa shape index (κ2) is 5.21. The van der Waals surface area contributed by atoms with Crippen molar-refractivity contribution < 1.29 is 24.0 Å². The first kappa shape index (κ1) is 13.6. The Kier molecular flexibility index (Phi) is 3.93. The van der Waals surface area contributed by atoms with Gasteiger partial charge in [-0.1, -0.05) is 0 Å². The zero-order valence-corrected chi connectivity index (χ0v) is 9.29. The number of halogens is 1. The molecule has 0 aliphatic heterocycles. The Morgan fingerprint density at radius 1 is 1.50 bits per heavy atom. The number of benzene rings is 1. The maximum Gasteiger partial charge on any atom is 0.323 e. The number of nitro groups is 1. The molecule has 7 nitrogen and oxygen atoms in total. The molecule has 1 aromatic carbocycles. The number of hydrogen-bond donors (Lipinski definition) is 1. The lowest BCUT2D eigenvalue weighted by Gasteiger charge is -2.14. The summed E-state index contributed by atoms with van der Waals surface area (Å²) in [5.41, 5.74) is -1.05. The zero-order chi connectivity index (χ0) is 13.9. The van der Waals surface area contributed by atoms with E-state index in [4.69, 9.17) is 5.11 Å². The lowest BCUT2D eigenvalue weighted by atomic mass is 10.1. The van der Waals surface area contributed by atoms with E-state index in [-0.39, 0.29) is 5.56 Å². The summed E-state index contributed by atoms with van der Waals surface area (Å²) in [4.78, 5) is 32.8. The number of rotatable bonds is 4. The van der Waals surface area contributed by atoms with Gasteiger partial charge in [-0.3, -0.25) is 19.7 Å². The molecule has 1 aromatic rings. The van der Waals surface area contributed by atoms with Gasteiger partial charge >= 0.3 is 5.97 Å². The molecule has 1 rings (SSSR count). The van der Waals surface area contributed by atoms with Crippen molar-refractivity contribution in [2.75, 3.05) is 13.6 Å². The van der Waals surface area contributed by atoms with Gasteiger partial charge < -0.3 is 10.0 Å². The number of nitrogens with zero attached hydrogens (tertiary/aromatic N) is 2. The van der Waals surface area contributed by atoms with Gasteiger partial charge in [0.05, 0.1) is 11.0 Å². The standard InChI is InChI=1S/C10H9FN2O5/c1-12(5-9(14)15)10(16)7-3-2-6(11)4-8(7)13(17)18/h2-4H,5H2,1H3,(H,14,15). The van der Waals surface area contributed by atoms with E-state index in [2.05, 4.69) is 0 Å². The summed E-state index contributed by atoms with van der Waals surface area (Å²) in [6, 6.07) is 2.46. The Labute approximate surface area is 101 Å². The lowest BCUT2D eigenvalue weighted by molar-refractivity contribution is -0.385. The Balaban J connectivity index is 3.12. The lowest BCUT2D eigenvalue weighted by Crippen LogP contribution is -2.32. The highest BCUT2D eigenvalue weighted by Crippen LogP contribution is 2.21. The molecule has 0 fully saturated rings. The highest BCUT2D eigenvalue weighted by molar-refractivity contribution is 5.99. The number of amides is 1. The molecule has 1 N–H and O–H groups in total. The van der Waals surface area contributed by atoms with Crippen LogP contribution in [0.3, 0.4) is 0 Å². The Hall–Kier alpha value is -2.51. The fraction of sp³-hybridized carbons (Fsp3) is 0.200. The number of nitro benzene ring substituents is 1. The third-order valence-corrected chi connectivity index (χ3v) is 2.11. The summed E-state index contributed by atoms with van der Waals surface area (Å²) in [5, 5.41) is 19.2. The van der Waals surface area contributed by atoms with Gasteiger partial charge in [-0.25, -0.2) is 4.39 Å². The zero-order valence-electron chi connectivity index (χ0n) is 9.29. The van der Waals surface area contributed by atoms with Crippen LogP contribution in [0.25, 0.3) is 0 Å². The quantitative estimate of drug-likeness (QED) is 0.636. The molecule has 0 radical (unpaired) electrons. The molecular weight excluding hydrogens is 247 g/mol. The van der Waals surface area contributed by atoms with Crippen molar-refractivity contribution in [1.82, 2.24) is 4.90 Å². The summed E-state index contributed by atoms with van der Waals surface area (Å²) >= 11 is 0. The average molecular weight is 256 g/mol. The number of hydrogen-bond acceptors (Lipinski definition) is 4. The van der Waals surface area contributed by atoms with E-state index in [1.54, 1.807) is 0 Å². The molecule has 0 aliphatic carbocycles. The molecular formula is C10H9FN2O5. The van der Waals surface area contributed by atoms with Gasteiger partial charge in [0.1, 0.15) is 17.9 Å². The first-order valence-corrected chi connectivity index (χ1v) is 4.74. The van der Waals surface area contributed by atoms with Gasteiger partial charge in [0, 0.05) is 7.05 Å². The molecule has 0 heterocycles. The van der Waals surface area contributed by atoms with Crippen molar-refractivity contribution in [1.29, 1.82) is 0 Å². The summed E-state index contributed by atoms with van der Waals surface area (Å²) in [6.07, 6.45) is 0. The van der Waals surface area contributed by atoms with E-state index in [0.29, 0.717) is 6.07 Å². The van der Waals surface area contributed by atoms with Gasteiger partial charge in [-0.05, 0) is 12.1 Å². The first-order valence-electron chi connectivity index (χ1n) is 4.74. The molecule has 0 aliphatic rings. The minimum Gasteiger partial charge on any atom is -0.480 e. The van der Waals surface area contributed by atoms with E-state index in [9.17, 15) is 24.1 Å². The Bertz CT molecular complexity index is 517. The van der Waals surface area contributed by atoms with Crippen LogP contribution < -0.4 is 0 Å². The molecule has 0 saturated carbocycles. The number of aliphatic carboxylic acids is 1. The monoisotopic (exact) mass is 256 g/mol. The fourth-order valence-electron chi connectivity index (χ4n) is 1.32. The van der Waals surface area contributed by atoms with Crippen LogP contribution in [-0.4, -0.2) is 40.4 Å². The molecule has 1 amide bonds. The molecule has 96 valence electrons. The van der Waals surface area contributed by atoms with Gasteiger partial charge in [-0.15, -0.1) is 0 Å². The molecule has 0 unspecified atom stereocenters. The van der Waals surface area contributed by atoms with Gasteiger partial charge in [0.15, 0.2) is 0 Å². The number of carbonyl (C=O) groups excluding carboxylic acids is 1. The largest absolute Gasteiger partial charge is 0.480 e. The Morgan fingerprint density at radius 3 is 2.61 bits per heavy atom. The summed E-state index contributed by atoms with van der Waals surface area (Å²) in [7, 11) is 1.18. The molecule has 0 atom stereocenters. The highest BCUT2D eigenvalue weighted by atomic mass is 19.1. The summed E-state index contributed by atoms with van der Waals surface area (Å²) < 4.78 is 12.9. The van der Waals surface area contributed by atoms with Crippen LogP contribution in [0.5, 0.6) is 0 Å². The van der Waals surface area contributed by atoms with E-state index < -0.39 is 34.8 Å². The van der Waals surface area contributed by atoms with Crippen molar-refractivity contribution in [2.24, 2.45) is 0 Å². The molecule has 0 bridgehead atoms. The van der Waals surface area contributed by atoms with Gasteiger partial charge in [0.2, 0.25) is 0 Å². The van der Waals surface area contributed by atoms with Crippen molar-refractivity contribution in [3.63, 3.8) is 0 Å². The smallest absolute Gasteiger partial charge is 0.323 e. The molecule has 0 saturated heterocycles. The van der Waals surface area contributed by atoms with Crippen LogP contribution in [0.2, 0.25) is 0 Å². The third-order valence-electron chi connectivity index (χ3n) is 2.11. The molecule has 18 heavy (non-hydrogen) atoms. The van der Waals surface area contributed by atoms with Crippen LogP contribution in [0, 0.1) is 15.9 Å². The summed E-state index contributed by atoms with van der Waals surface area (Å²) in [5.74, 6) is -2.96. The maximum absolute atomic E-state index is 12.9. The Morgan fingerprint density at radius 2 is 2.11 bits per heavy atom. The first-order chi connectivity index (χ1) is 8.32. The normalized spacial score (nSPS) is 9.89. The minimum absolute atomic E-state index is 0.356. The predicted octanol–water partition coefficient (Wildman–Crippen LogP) is 0.890. The van der Waals surface area contributed by atoms with Crippen LogP contribution >= 0.6 is 0 Å². The topological polar surface area (TPSA) is 101 Å². The second-order valence-electron chi connectivity index (χ2n) is 3.47. The van der Waals surface area contributed by atoms with E-state index in [1.807, 2.05) is 0 Å². The number of likely N-dealkylation sites (N-methyl/N-ethyl adjacent to an activating group) is 1. The van der Waals surface area contributed by atoms with Crippen molar-refractivity contribution in [3.8, 4) is 0 Å². The maximum atomic E-state index is 12.9. The SMILES string of the molecule is CN(CC(=O)O)C(=O)c1ccc(F)cc1[N+](=O)[O-].